The number of aromatic nitrogens is 1. The second-order valence-corrected chi connectivity index (χ2v) is 5.40. The number of carbonyl (C=O) groups excluding carboxylic acids is 1. The fourth-order valence-corrected chi connectivity index (χ4v) is 2.35. The molecule has 19 heavy (non-hydrogen) atoms. The molecule has 1 amide bonds. The Morgan fingerprint density at radius 1 is 1.37 bits per heavy atom. The standard InChI is InChI=1S/C13H14ClN3OS/c14-10-3-1-9(2-4-10)7-16-12(18)5-11-8-19-13(6-15)17-11/h1-4,8H,5-7,15H2,(H,16,18). The lowest BCUT2D eigenvalue weighted by atomic mass is 10.2. The number of nitrogens with zero attached hydrogens (tertiary/aromatic N) is 1. The van der Waals surface area contributed by atoms with Crippen LogP contribution < -0.4 is 11.1 Å². The lowest BCUT2D eigenvalue weighted by molar-refractivity contribution is -0.120. The van der Waals surface area contributed by atoms with Crippen molar-refractivity contribution in [1.82, 2.24) is 10.3 Å². The number of carbonyl (C=O) groups is 1. The van der Waals surface area contributed by atoms with Gasteiger partial charge in [-0.15, -0.1) is 11.3 Å². The zero-order valence-corrected chi connectivity index (χ0v) is 11.8. The lowest BCUT2D eigenvalue weighted by Gasteiger charge is -2.04. The first-order chi connectivity index (χ1) is 9.17. The topological polar surface area (TPSA) is 68.0 Å². The average Bonchev–Trinajstić information content (AvgIpc) is 2.86. The Bertz CT molecular complexity index is 553. The number of nitrogens with two attached hydrogens (primary N) is 1. The third-order valence-corrected chi connectivity index (χ3v) is 3.69. The molecule has 0 aliphatic carbocycles. The Balaban J connectivity index is 1.82. The third-order valence-electron chi connectivity index (χ3n) is 2.52. The van der Waals surface area contributed by atoms with Gasteiger partial charge in [0.25, 0.3) is 0 Å². The molecule has 100 valence electrons. The number of rotatable bonds is 5. The normalized spacial score (nSPS) is 10.4. The predicted octanol–water partition coefficient (Wildman–Crippen LogP) is 2.11. The zero-order chi connectivity index (χ0) is 13.7. The Kier molecular flexibility index (Phi) is 4.90. The molecular formula is C13H14ClN3OS. The molecule has 0 atom stereocenters. The molecular weight excluding hydrogens is 282 g/mol. The van der Waals surface area contributed by atoms with Crippen LogP contribution in [0.3, 0.4) is 0 Å². The number of amides is 1. The first-order valence-corrected chi connectivity index (χ1v) is 7.07. The van der Waals surface area contributed by atoms with E-state index >= 15 is 0 Å². The molecule has 3 N–H and O–H groups in total. The van der Waals surface area contributed by atoms with E-state index in [1.807, 2.05) is 17.5 Å². The smallest absolute Gasteiger partial charge is 0.226 e. The third kappa shape index (κ3) is 4.31. The predicted molar refractivity (Wildman–Crippen MR) is 77.0 cm³/mol. The zero-order valence-electron chi connectivity index (χ0n) is 10.2. The van der Waals surface area contributed by atoms with Crippen LogP contribution in [0.2, 0.25) is 5.02 Å². The maximum atomic E-state index is 11.7. The van der Waals surface area contributed by atoms with Crippen LogP contribution >= 0.6 is 22.9 Å². The first kappa shape index (κ1) is 14.0. The minimum absolute atomic E-state index is 0.0520. The maximum absolute atomic E-state index is 11.7. The van der Waals surface area contributed by atoms with Gasteiger partial charge >= 0.3 is 0 Å². The van der Waals surface area contributed by atoms with E-state index in [-0.39, 0.29) is 12.3 Å². The molecule has 0 saturated carbocycles. The second-order valence-electron chi connectivity index (χ2n) is 4.02. The number of benzene rings is 1. The fraction of sp³-hybridized carbons (Fsp3) is 0.231. The van der Waals surface area contributed by atoms with E-state index < -0.39 is 0 Å². The molecule has 0 radical (unpaired) electrons. The van der Waals surface area contributed by atoms with Crippen molar-refractivity contribution in [1.29, 1.82) is 0 Å². The summed E-state index contributed by atoms with van der Waals surface area (Å²) in [7, 11) is 0. The van der Waals surface area contributed by atoms with E-state index in [9.17, 15) is 4.79 Å². The Labute approximate surface area is 120 Å². The van der Waals surface area contributed by atoms with Gasteiger partial charge in [0.2, 0.25) is 5.91 Å². The van der Waals surface area contributed by atoms with Crippen molar-refractivity contribution in [2.75, 3.05) is 0 Å². The van der Waals surface area contributed by atoms with Crippen LogP contribution in [0.1, 0.15) is 16.3 Å². The Morgan fingerprint density at radius 2 is 2.11 bits per heavy atom. The van der Waals surface area contributed by atoms with Crippen molar-refractivity contribution in [2.24, 2.45) is 5.73 Å². The first-order valence-electron chi connectivity index (χ1n) is 5.82. The molecule has 0 unspecified atom stereocenters. The van der Waals surface area contributed by atoms with E-state index in [1.54, 1.807) is 12.1 Å². The van der Waals surface area contributed by atoms with Gasteiger partial charge in [-0.1, -0.05) is 23.7 Å². The quantitative estimate of drug-likeness (QED) is 0.888. The number of hydrogen-bond acceptors (Lipinski definition) is 4. The highest BCUT2D eigenvalue weighted by Gasteiger charge is 2.07. The van der Waals surface area contributed by atoms with E-state index in [0.717, 1.165) is 16.3 Å². The van der Waals surface area contributed by atoms with Crippen LogP contribution in [-0.2, 0) is 24.3 Å². The molecule has 0 aliphatic heterocycles. The largest absolute Gasteiger partial charge is 0.352 e. The maximum Gasteiger partial charge on any atom is 0.226 e. The molecule has 2 aromatic rings. The highest BCUT2D eigenvalue weighted by Crippen LogP contribution is 2.10. The molecule has 4 nitrogen and oxygen atoms in total. The lowest BCUT2D eigenvalue weighted by Crippen LogP contribution is -2.24. The summed E-state index contributed by atoms with van der Waals surface area (Å²) in [5.74, 6) is -0.0520. The summed E-state index contributed by atoms with van der Waals surface area (Å²) < 4.78 is 0. The van der Waals surface area contributed by atoms with Crippen LogP contribution in [0.15, 0.2) is 29.6 Å². The van der Waals surface area contributed by atoms with E-state index in [4.69, 9.17) is 17.3 Å². The summed E-state index contributed by atoms with van der Waals surface area (Å²) in [5.41, 5.74) is 7.25. The number of halogens is 1. The van der Waals surface area contributed by atoms with Gasteiger partial charge in [-0.2, -0.15) is 0 Å². The van der Waals surface area contributed by atoms with Crippen molar-refractivity contribution >= 4 is 28.8 Å². The van der Waals surface area contributed by atoms with Crippen molar-refractivity contribution in [3.8, 4) is 0 Å². The van der Waals surface area contributed by atoms with Crippen LogP contribution in [0.25, 0.3) is 0 Å². The summed E-state index contributed by atoms with van der Waals surface area (Å²) in [4.78, 5) is 16.0. The molecule has 6 heteroatoms. The molecule has 0 aliphatic rings. The SMILES string of the molecule is NCc1nc(CC(=O)NCc2ccc(Cl)cc2)cs1. The van der Waals surface area contributed by atoms with Crippen molar-refractivity contribution < 1.29 is 4.79 Å². The van der Waals surface area contributed by atoms with Gasteiger partial charge in [0.1, 0.15) is 5.01 Å². The van der Waals surface area contributed by atoms with Gasteiger partial charge in [0, 0.05) is 23.5 Å². The van der Waals surface area contributed by atoms with Crippen LogP contribution in [0, 0.1) is 0 Å². The van der Waals surface area contributed by atoms with Crippen molar-refractivity contribution in [2.45, 2.75) is 19.5 Å². The summed E-state index contributed by atoms with van der Waals surface area (Å²) in [6, 6.07) is 7.38. The molecule has 0 saturated heterocycles. The van der Waals surface area contributed by atoms with Gasteiger partial charge in [-0.3, -0.25) is 4.79 Å². The van der Waals surface area contributed by atoms with E-state index in [0.29, 0.717) is 18.1 Å². The molecule has 0 bridgehead atoms. The molecule has 1 aromatic heterocycles. The van der Waals surface area contributed by atoms with Crippen LogP contribution in [0.4, 0.5) is 0 Å². The Morgan fingerprint density at radius 3 is 2.74 bits per heavy atom. The Hall–Kier alpha value is -1.43. The minimum Gasteiger partial charge on any atom is -0.352 e. The summed E-state index contributed by atoms with van der Waals surface area (Å²) in [6.45, 7) is 0.904. The van der Waals surface area contributed by atoms with Crippen LogP contribution in [0.5, 0.6) is 0 Å². The average molecular weight is 296 g/mol. The number of hydrogen-bond donors (Lipinski definition) is 2. The highest BCUT2D eigenvalue weighted by atomic mass is 35.5. The van der Waals surface area contributed by atoms with Gasteiger partial charge < -0.3 is 11.1 Å². The van der Waals surface area contributed by atoms with Gasteiger partial charge in [0.15, 0.2) is 0 Å². The van der Waals surface area contributed by atoms with E-state index in [2.05, 4.69) is 10.3 Å². The summed E-state index contributed by atoms with van der Waals surface area (Å²) in [6.07, 6.45) is 0.282. The molecule has 1 aromatic carbocycles. The number of nitrogens with one attached hydrogen (secondary N) is 1. The molecule has 0 fully saturated rings. The fourth-order valence-electron chi connectivity index (χ4n) is 1.55. The van der Waals surface area contributed by atoms with Crippen molar-refractivity contribution in [3.05, 3.63) is 50.9 Å². The summed E-state index contributed by atoms with van der Waals surface area (Å²) in [5, 5.41) is 6.25. The van der Waals surface area contributed by atoms with E-state index in [1.165, 1.54) is 11.3 Å². The van der Waals surface area contributed by atoms with Crippen LogP contribution in [-0.4, -0.2) is 10.9 Å². The molecule has 0 spiro atoms. The highest BCUT2D eigenvalue weighted by molar-refractivity contribution is 7.09. The van der Waals surface area contributed by atoms with Gasteiger partial charge in [-0.05, 0) is 17.7 Å². The van der Waals surface area contributed by atoms with Crippen molar-refractivity contribution in [3.63, 3.8) is 0 Å². The monoisotopic (exact) mass is 295 g/mol. The molecule has 2 rings (SSSR count). The number of thiazole rings is 1. The van der Waals surface area contributed by atoms with Gasteiger partial charge in [-0.25, -0.2) is 4.98 Å². The second kappa shape index (κ2) is 6.65. The van der Waals surface area contributed by atoms with Gasteiger partial charge in [0.05, 0.1) is 12.1 Å². The minimum atomic E-state index is -0.0520. The molecule has 1 heterocycles. The summed E-state index contributed by atoms with van der Waals surface area (Å²) >= 11 is 7.27.